The highest BCUT2D eigenvalue weighted by Gasteiger charge is 2.28. The normalized spacial score (nSPS) is 24.4. The summed E-state index contributed by atoms with van der Waals surface area (Å²) in [5, 5.41) is 3.51. The Labute approximate surface area is 111 Å². The van der Waals surface area contributed by atoms with E-state index in [4.69, 9.17) is 0 Å². The van der Waals surface area contributed by atoms with Crippen molar-refractivity contribution in [2.24, 2.45) is 0 Å². The first-order valence-corrected chi connectivity index (χ1v) is 7.30. The molecule has 1 fully saturated rings. The van der Waals surface area contributed by atoms with Crippen molar-refractivity contribution >= 4 is 0 Å². The van der Waals surface area contributed by atoms with Gasteiger partial charge in [0.1, 0.15) is 0 Å². The van der Waals surface area contributed by atoms with E-state index in [2.05, 4.69) is 54.5 Å². The van der Waals surface area contributed by atoms with Crippen molar-refractivity contribution in [1.29, 1.82) is 0 Å². The topological polar surface area (TPSA) is 15.3 Å². The summed E-state index contributed by atoms with van der Waals surface area (Å²) in [6.07, 6.45) is 5.43. The highest BCUT2D eigenvalue weighted by Crippen LogP contribution is 2.24. The quantitative estimate of drug-likeness (QED) is 0.859. The summed E-state index contributed by atoms with van der Waals surface area (Å²) in [6, 6.07) is 12.2. The lowest BCUT2D eigenvalue weighted by molar-refractivity contribution is 0.124. The van der Waals surface area contributed by atoms with Gasteiger partial charge in [0.15, 0.2) is 0 Å². The van der Waals surface area contributed by atoms with Crippen molar-refractivity contribution < 1.29 is 0 Å². The predicted octanol–water partition coefficient (Wildman–Crippen LogP) is 3.04. The van der Waals surface area contributed by atoms with Crippen LogP contribution in [0.1, 0.15) is 38.2 Å². The van der Waals surface area contributed by atoms with Crippen LogP contribution in [0.15, 0.2) is 30.3 Å². The van der Waals surface area contributed by atoms with Crippen LogP contribution in [0.5, 0.6) is 0 Å². The molecule has 0 spiro atoms. The van der Waals surface area contributed by atoms with Gasteiger partial charge in [-0.15, -0.1) is 0 Å². The van der Waals surface area contributed by atoms with Crippen molar-refractivity contribution in [3.63, 3.8) is 0 Å². The van der Waals surface area contributed by atoms with Crippen LogP contribution in [0.4, 0.5) is 0 Å². The Hall–Kier alpha value is -0.860. The molecule has 0 heterocycles. The molecule has 100 valence electrons. The van der Waals surface area contributed by atoms with E-state index in [1.54, 1.807) is 0 Å². The molecule has 2 atom stereocenters. The van der Waals surface area contributed by atoms with Gasteiger partial charge in [-0.25, -0.2) is 0 Å². The van der Waals surface area contributed by atoms with Crippen molar-refractivity contribution in [3.8, 4) is 0 Å². The maximum absolute atomic E-state index is 3.51. The lowest BCUT2D eigenvalue weighted by Crippen LogP contribution is -2.50. The fraction of sp³-hybridized carbons (Fsp3) is 0.625. The van der Waals surface area contributed by atoms with E-state index in [0.717, 1.165) is 13.1 Å². The van der Waals surface area contributed by atoms with Crippen LogP contribution in [-0.2, 0) is 6.54 Å². The predicted molar refractivity (Wildman–Crippen MR) is 77.6 cm³/mol. The SMILES string of the molecule is CCN(Cc1ccccc1)C1CCCCC1NC. The average Bonchev–Trinajstić information content (AvgIpc) is 2.46. The van der Waals surface area contributed by atoms with Crippen LogP contribution >= 0.6 is 0 Å². The van der Waals surface area contributed by atoms with E-state index < -0.39 is 0 Å². The highest BCUT2D eigenvalue weighted by atomic mass is 15.2. The van der Waals surface area contributed by atoms with E-state index >= 15 is 0 Å². The fourth-order valence-electron chi connectivity index (χ4n) is 3.17. The first-order valence-electron chi connectivity index (χ1n) is 7.30. The summed E-state index contributed by atoms with van der Waals surface area (Å²) < 4.78 is 0. The number of rotatable bonds is 5. The molecule has 0 amide bonds. The Morgan fingerprint density at radius 3 is 2.56 bits per heavy atom. The van der Waals surface area contributed by atoms with Gasteiger partial charge in [0, 0.05) is 18.6 Å². The number of nitrogens with one attached hydrogen (secondary N) is 1. The largest absolute Gasteiger partial charge is 0.315 e. The van der Waals surface area contributed by atoms with Gasteiger partial charge in [0.2, 0.25) is 0 Å². The molecule has 2 unspecified atom stereocenters. The molecule has 0 saturated heterocycles. The van der Waals surface area contributed by atoms with Crippen molar-refractivity contribution in [2.75, 3.05) is 13.6 Å². The van der Waals surface area contributed by atoms with Gasteiger partial charge in [-0.1, -0.05) is 50.1 Å². The zero-order chi connectivity index (χ0) is 12.8. The van der Waals surface area contributed by atoms with E-state index in [0.29, 0.717) is 12.1 Å². The van der Waals surface area contributed by atoms with Crippen molar-refractivity contribution in [3.05, 3.63) is 35.9 Å². The molecule has 1 aromatic carbocycles. The van der Waals surface area contributed by atoms with Crippen molar-refractivity contribution in [1.82, 2.24) is 10.2 Å². The number of nitrogens with zero attached hydrogens (tertiary/aromatic N) is 1. The maximum Gasteiger partial charge on any atom is 0.0252 e. The fourth-order valence-corrected chi connectivity index (χ4v) is 3.17. The summed E-state index contributed by atoms with van der Waals surface area (Å²) in [5.41, 5.74) is 1.43. The van der Waals surface area contributed by atoms with Gasteiger partial charge in [0.25, 0.3) is 0 Å². The molecule has 0 aliphatic heterocycles. The van der Waals surface area contributed by atoms with E-state index in [-0.39, 0.29) is 0 Å². The Morgan fingerprint density at radius 1 is 1.17 bits per heavy atom. The van der Waals surface area contributed by atoms with Crippen LogP contribution in [0.3, 0.4) is 0 Å². The molecular formula is C16H26N2. The highest BCUT2D eigenvalue weighted by molar-refractivity contribution is 5.14. The summed E-state index contributed by atoms with van der Waals surface area (Å²) in [7, 11) is 2.11. The van der Waals surface area contributed by atoms with Crippen molar-refractivity contribution in [2.45, 2.75) is 51.2 Å². The molecule has 18 heavy (non-hydrogen) atoms. The molecule has 1 aliphatic rings. The zero-order valence-corrected chi connectivity index (χ0v) is 11.7. The molecule has 2 heteroatoms. The van der Waals surface area contributed by atoms with Crippen LogP contribution in [-0.4, -0.2) is 30.6 Å². The van der Waals surface area contributed by atoms with E-state index in [1.165, 1.54) is 31.2 Å². The monoisotopic (exact) mass is 246 g/mol. The van der Waals surface area contributed by atoms with Crippen LogP contribution in [0.2, 0.25) is 0 Å². The summed E-state index contributed by atoms with van der Waals surface area (Å²) in [4.78, 5) is 2.63. The lowest BCUT2D eigenvalue weighted by Gasteiger charge is -2.39. The third-order valence-electron chi connectivity index (χ3n) is 4.20. The third kappa shape index (κ3) is 3.33. The van der Waals surface area contributed by atoms with Gasteiger partial charge < -0.3 is 5.32 Å². The number of benzene rings is 1. The van der Waals surface area contributed by atoms with E-state index in [9.17, 15) is 0 Å². The zero-order valence-electron chi connectivity index (χ0n) is 11.7. The van der Waals surface area contributed by atoms with Gasteiger partial charge in [-0.05, 0) is 32.0 Å². The Bertz CT molecular complexity index is 336. The number of hydrogen-bond acceptors (Lipinski definition) is 2. The summed E-state index contributed by atoms with van der Waals surface area (Å²) in [6.45, 7) is 4.50. The Morgan fingerprint density at radius 2 is 1.89 bits per heavy atom. The Balaban J connectivity index is 2.03. The number of hydrogen-bond donors (Lipinski definition) is 1. The minimum absolute atomic E-state index is 0.669. The molecule has 1 aliphatic carbocycles. The minimum atomic E-state index is 0.669. The molecule has 2 nitrogen and oxygen atoms in total. The summed E-state index contributed by atoms with van der Waals surface area (Å²) >= 11 is 0. The molecule has 0 radical (unpaired) electrons. The third-order valence-corrected chi connectivity index (χ3v) is 4.20. The second kappa shape index (κ2) is 6.91. The second-order valence-corrected chi connectivity index (χ2v) is 5.30. The standard InChI is InChI=1S/C16H26N2/c1-3-18(13-14-9-5-4-6-10-14)16-12-8-7-11-15(16)17-2/h4-6,9-10,15-17H,3,7-8,11-13H2,1-2H3. The lowest BCUT2D eigenvalue weighted by atomic mass is 9.89. The Kier molecular flexibility index (Phi) is 5.21. The van der Waals surface area contributed by atoms with Gasteiger partial charge in [-0.3, -0.25) is 4.90 Å². The molecule has 0 bridgehead atoms. The van der Waals surface area contributed by atoms with Gasteiger partial charge in [0.05, 0.1) is 0 Å². The molecular weight excluding hydrogens is 220 g/mol. The minimum Gasteiger partial charge on any atom is -0.315 e. The average molecular weight is 246 g/mol. The van der Waals surface area contributed by atoms with E-state index in [1.807, 2.05) is 0 Å². The molecule has 0 aromatic heterocycles. The molecule has 1 saturated carbocycles. The molecule has 2 rings (SSSR count). The summed E-state index contributed by atoms with van der Waals surface area (Å²) in [5.74, 6) is 0. The van der Waals surface area contributed by atoms with Crippen LogP contribution in [0, 0.1) is 0 Å². The van der Waals surface area contributed by atoms with Gasteiger partial charge in [-0.2, -0.15) is 0 Å². The first kappa shape index (κ1) is 13.6. The molecule has 1 aromatic rings. The molecule has 1 N–H and O–H groups in total. The first-order chi connectivity index (χ1) is 8.85. The van der Waals surface area contributed by atoms with Crippen LogP contribution < -0.4 is 5.32 Å². The van der Waals surface area contributed by atoms with Crippen LogP contribution in [0.25, 0.3) is 0 Å². The second-order valence-electron chi connectivity index (χ2n) is 5.30. The van der Waals surface area contributed by atoms with Gasteiger partial charge >= 0.3 is 0 Å². The maximum atomic E-state index is 3.51. The number of likely N-dealkylation sites (N-methyl/N-ethyl adjacent to an activating group) is 2. The smallest absolute Gasteiger partial charge is 0.0252 e.